The molecule has 1 aliphatic heterocycles. The number of carbonyl (C=O) groups is 2. The van der Waals surface area contributed by atoms with Crippen LogP contribution < -0.4 is 5.32 Å². The predicted octanol–water partition coefficient (Wildman–Crippen LogP) is -0.525. The summed E-state index contributed by atoms with van der Waals surface area (Å²) in [6.07, 6.45) is 0.601. The van der Waals surface area contributed by atoms with Crippen molar-refractivity contribution in [2.24, 2.45) is 0 Å². The second-order valence-corrected chi connectivity index (χ2v) is 7.62. The molecule has 0 aromatic carbocycles. The molecule has 1 atom stereocenters. The van der Waals surface area contributed by atoms with E-state index in [0.717, 1.165) is 0 Å². The Morgan fingerprint density at radius 1 is 1.40 bits per heavy atom. The third-order valence-corrected chi connectivity index (χ3v) is 4.89. The number of aliphatic carboxylic acids is 1. The van der Waals surface area contributed by atoms with E-state index in [-0.39, 0.29) is 49.0 Å². The summed E-state index contributed by atoms with van der Waals surface area (Å²) in [4.78, 5) is 24.0. The second kappa shape index (κ2) is 7.03. The number of nitrogens with zero attached hydrogens (tertiary/aromatic N) is 1. The molecule has 0 aromatic heterocycles. The highest BCUT2D eigenvalue weighted by Gasteiger charge is 2.33. The lowest BCUT2D eigenvalue weighted by molar-refractivity contribution is -0.139. The Balaban J connectivity index is 2.57. The molecule has 0 spiro atoms. The van der Waals surface area contributed by atoms with E-state index in [1.807, 2.05) is 13.8 Å². The summed E-state index contributed by atoms with van der Waals surface area (Å²) >= 11 is 0. The van der Waals surface area contributed by atoms with Crippen LogP contribution in [-0.2, 0) is 19.4 Å². The fraction of sp³-hybridized carbons (Fsp3) is 0.833. The van der Waals surface area contributed by atoms with E-state index < -0.39 is 15.8 Å². The zero-order valence-corrected chi connectivity index (χ0v) is 12.6. The smallest absolute Gasteiger partial charge is 0.317 e. The fourth-order valence-corrected chi connectivity index (χ4v) is 4.03. The average molecular weight is 306 g/mol. The first-order valence-electron chi connectivity index (χ1n) is 6.65. The SMILES string of the molecule is CC(C)NC(=O)CCN(CC(=O)O)C1CCS(=O)(=O)C1. The number of carboxylic acids is 1. The molecule has 8 heteroatoms. The molecule has 0 aromatic rings. The summed E-state index contributed by atoms with van der Waals surface area (Å²) in [5, 5.41) is 11.6. The van der Waals surface area contributed by atoms with Crippen molar-refractivity contribution in [3.63, 3.8) is 0 Å². The Hall–Kier alpha value is -1.15. The van der Waals surface area contributed by atoms with E-state index >= 15 is 0 Å². The zero-order chi connectivity index (χ0) is 15.3. The lowest BCUT2D eigenvalue weighted by Crippen LogP contribution is -2.42. The molecule has 20 heavy (non-hydrogen) atoms. The minimum Gasteiger partial charge on any atom is -0.480 e. The molecule has 2 N–H and O–H groups in total. The quantitative estimate of drug-likeness (QED) is 0.655. The number of carbonyl (C=O) groups excluding carboxylic acids is 1. The topological polar surface area (TPSA) is 104 Å². The molecule has 0 bridgehead atoms. The molecule has 1 rings (SSSR count). The summed E-state index contributed by atoms with van der Waals surface area (Å²) in [5.74, 6) is -1.10. The Morgan fingerprint density at radius 2 is 2.05 bits per heavy atom. The Morgan fingerprint density at radius 3 is 2.50 bits per heavy atom. The molecule has 1 amide bonds. The maximum Gasteiger partial charge on any atom is 0.317 e. The van der Waals surface area contributed by atoms with E-state index in [4.69, 9.17) is 5.11 Å². The molecule has 116 valence electrons. The van der Waals surface area contributed by atoms with Crippen LogP contribution in [0, 0.1) is 0 Å². The van der Waals surface area contributed by atoms with Gasteiger partial charge < -0.3 is 10.4 Å². The Bertz CT molecular complexity index is 460. The highest BCUT2D eigenvalue weighted by Crippen LogP contribution is 2.17. The van der Waals surface area contributed by atoms with Crippen molar-refractivity contribution in [2.45, 2.75) is 38.8 Å². The Kier molecular flexibility index (Phi) is 5.94. The normalized spacial score (nSPS) is 21.3. The average Bonchev–Trinajstić information content (AvgIpc) is 2.63. The molecule has 0 aliphatic carbocycles. The van der Waals surface area contributed by atoms with Crippen LogP contribution in [-0.4, -0.2) is 67.0 Å². The molecular weight excluding hydrogens is 284 g/mol. The summed E-state index contributed by atoms with van der Waals surface area (Å²) < 4.78 is 22.9. The highest BCUT2D eigenvalue weighted by atomic mass is 32.2. The van der Waals surface area contributed by atoms with Crippen LogP contribution in [0.3, 0.4) is 0 Å². The highest BCUT2D eigenvalue weighted by molar-refractivity contribution is 7.91. The maximum absolute atomic E-state index is 11.6. The lowest BCUT2D eigenvalue weighted by atomic mass is 10.2. The molecule has 1 unspecified atom stereocenters. The van der Waals surface area contributed by atoms with Gasteiger partial charge in [-0.2, -0.15) is 0 Å². The standard InChI is InChI=1S/C12H22N2O5S/c1-9(2)13-11(15)3-5-14(7-12(16)17)10-4-6-20(18,19)8-10/h9-10H,3-8H2,1-2H3,(H,13,15)(H,16,17). The van der Waals surface area contributed by atoms with Crippen molar-refractivity contribution in [2.75, 3.05) is 24.6 Å². The van der Waals surface area contributed by atoms with E-state index in [0.29, 0.717) is 6.42 Å². The maximum atomic E-state index is 11.6. The van der Waals surface area contributed by atoms with Gasteiger partial charge in [0.25, 0.3) is 0 Å². The third-order valence-electron chi connectivity index (χ3n) is 3.14. The largest absolute Gasteiger partial charge is 0.480 e. The van der Waals surface area contributed by atoms with Gasteiger partial charge in [-0.05, 0) is 20.3 Å². The van der Waals surface area contributed by atoms with Crippen molar-refractivity contribution < 1.29 is 23.1 Å². The van der Waals surface area contributed by atoms with Crippen LogP contribution in [0.25, 0.3) is 0 Å². The van der Waals surface area contributed by atoms with Gasteiger partial charge in [0.1, 0.15) is 0 Å². The molecule has 1 saturated heterocycles. The second-order valence-electron chi connectivity index (χ2n) is 5.39. The molecule has 0 saturated carbocycles. The number of nitrogens with one attached hydrogen (secondary N) is 1. The first-order chi connectivity index (χ1) is 9.19. The van der Waals surface area contributed by atoms with Crippen molar-refractivity contribution >= 4 is 21.7 Å². The first-order valence-corrected chi connectivity index (χ1v) is 8.47. The van der Waals surface area contributed by atoms with Crippen LogP contribution in [0.2, 0.25) is 0 Å². The van der Waals surface area contributed by atoms with E-state index in [9.17, 15) is 18.0 Å². The monoisotopic (exact) mass is 306 g/mol. The molecule has 0 radical (unpaired) electrons. The van der Waals surface area contributed by atoms with Gasteiger partial charge in [-0.25, -0.2) is 8.42 Å². The van der Waals surface area contributed by atoms with E-state index in [1.165, 1.54) is 0 Å². The summed E-state index contributed by atoms with van der Waals surface area (Å²) in [6.45, 7) is 3.70. The van der Waals surface area contributed by atoms with Gasteiger partial charge in [0.15, 0.2) is 9.84 Å². The van der Waals surface area contributed by atoms with Crippen LogP contribution in [0.4, 0.5) is 0 Å². The van der Waals surface area contributed by atoms with Gasteiger partial charge in [0.05, 0.1) is 18.1 Å². The minimum atomic E-state index is -3.07. The van der Waals surface area contributed by atoms with Crippen molar-refractivity contribution in [3.05, 3.63) is 0 Å². The van der Waals surface area contributed by atoms with Gasteiger partial charge in [-0.3, -0.25) is 14.5 Å². The molecule has 7 nitrogen and oxygen atoms in total. The zero-order valence-electron chi connectivity index (χ0n) is 11.8. The molecule has 1 fully saturated rings. The van der Waals surface area contributed by atoms with Crippen LogP contribution in [0.5, 0.6) is 0 Å². The number of rotatable bonds is 7. The van der Waals surface area contributed by atoms with Gasteiger partial charge in [0.2, 0.25) is 5.91 Å². The molecule has 1 heterocycles. The van der Waals surface area contributed by atoms with Crippen molar-refractivity contribution in [1.29, 1.82) is 0 Å². The van der Waals surface area contributed by atoms with Crippen LogP contribution >= 0.6 is 0 Å². The molecular formula is C12H22N2O5S. The predicted molar refractivity (Wildman–Crippen MR) is 74.2 cm³/mol. The van der Waals surface area contributed by atoms with E-state index in [2.05, 4.69) is 5.32 Å². The number of hydrogen-bond donors (Lipinski definition) is 2. The third kappa shape index (κ3) is 5.87. The number of carboxylic acid groups (broad SMARTS) is 1. The first kappa shape index (κ1) is 16.9. The number of sulfone groups is 1. The summed E-state index contributed by atoms with van der Waals surface area (Å²) in [5.41, 5.74) is 0. The Labute approximate surface area is 119 Å². The van der Waals surface area contributed by atoms with Gasteiger partial charge >= 0.3 is 5.97 Å². The summed E-state index contributed by atoms with van der Waals surface area (Å²) in [6, 6.07) is -0.273. The van der Waals surface area contributed by atoms with Crippen LogP contribution in [0.1, 0.15) is 26.7 Å². The minimum absolute atomic E-state index is 0.0217. The van der Waals surface area contributed by atoms with Gasteiger partial charge in [0, 0.05) is 25.0 Å². The fourth-order valence-electron chi connectivity index (χ4n) is 2.27. The van der Waals surface area contributed by atoms with Crippen LogP contribution in [0.15, 0.2) is 0 Å². The summed E-state index contributed by atoms with van der Waals surface area (Å²) in [7, 11) is -3.07. The van der Waals surface area contributed by atoms with Crippen molar-refractivity contribution in [1.82, 2.24) is 10.2 Å². The van der Waals surface area contributed by atoms with Gasteiger partial charge in [-0.1, -0.05) is 0 Å². The number of hydrogen-bond acceptors (Lipinski definition) is 5. The van der Waals surface area contributed by atoms with Gasteiger partial charge in [-0.15, -0.1) is 0 Å². The lowest BCUT2D eigenvalue weighted by Gasteiger charge is -2.26. The van der Waals surface area contributed by atoms with Crippen molar-refractivity contribution in [3.8, 4) is 0 Å². The molecule has 1 aliphatic rings. The number of amides is 1. The van der Waals surface area contributed by atoms with E-state index in [1.54, 1.807) is 4.90 Å².